The van der Waals surface area contributed by atoms with E-state index in [9.17, 15) is 0 Å². The van der Waals surface area contributed by atoms with Gasteiger partial charge in [-0.25, -0.2) is 0 Å². The first-order chi connectivity index (χ1) is 5.31. The molecule has 0 aliphatic carbocycles. The van der Waals surface area contributed by atoms with E-state index in [0.717, 1.165) is 6.54 Å². The van der Waals surface area contributed by atoms with Crippen molar-refractivity contribution in [3.8, 4) is 0 Å². The third kappa shape index (κ3) is 16.4. The lowest BCUT2D eigenvalue weighted by atomic mass is 10.3. The van der Waals surface area contributed by atoms with Gasteiger partial charge in [0, 0.05) is 12.6 Å². The van der Waals surface area contributed by atoms with E-state index in [1.54, 1.807) is 0 Å². The summed E-state index contributed by atoms with van der Waals surface area (Å²) < 4.78 is 0. The molecule has 0 aromatic carbocycles. The Morgan fingerprint density at radius 3 is 2.33 bits per heavy atom. The first-order valence-electron chi connectivity index (χ1n) is 4.39. The zero-order valence-corrected chi connectivity index (χ0v) is 9.78. The van der Waals surface area contributed by atoms with Crippen LogP contribution in [0.15, 0.2) is 18.4 Å². The fraction of sp³-hybridized carbons (Fsp3) is 0.700. The topological polar surface area (TPSA) is 12.0 Å². The van der Waals surface area contributed by atoms with Crippen LogP contribution in [0.1, 0.15) is 34.1 Å². The molecule has 0 rings (SSSR count). The molecule has 1 nitrogen and oxygen atoms in total. The highest BCUT2D eigenvalue weighted by atomic mass is 32.1. The van der Waals surface area contributed by atoms with Crippen LogP contribution in [0.3, 0.4) is 0 Å². The lowest BCUT2D eigenvalue weighted by Gasteiger charge is -2.06. The molecule has 1 atom stereocenters. The zero-order valence-electron chi connectivity index (χ0n) is 8.78. The monoisotopic (exact) mass is 189 g/mol. The minimum Gasteiger partial charge on any atom is -0.310 e. The summed E-state index contributed by atoms with van der Waals surface area (Å²) in [4.78, 5) is 0. The molecule has 0 aromatic heterocycles. The Bertz CT molecular complexity index is 106. The van der Waals surface area contributed by atoms with Crippen molar-refractivity contribution in [2.75, 3.05) is 6.54 Å². The number of rotatable bonds is 4. The molecular formula is C10H23NS. The predicted molar refractivity (Wildman–Crippen MR) is 63.2 cm³/mol. The molecular weight excluding hydrogens is 166 g/mol. The van der Waals surface area contributed by atoms with Gasteiger partial charge in [0.1, 0.15) is 0 Å². The van der Waals surface area contributed by atoms with Crippen molar-refractivity contribution in [3.63, 3.8) is 0 Å². The maximum absolute atomic E-state index is 3.46. The molecule has 0 aliphatic rings. The number of hydrogen-bond donors (Lipinski definition) is 1. The summed E-state index contributed by atoms with van der Waals surface area (Å²) in [6.07, 6.45) is 3.07. The molecule has 12 heavy (non-hydrogen) atoms. The first-order valence-corrected chi connectivity index (χ1v) is 4.39. The van der Waals surface area contributed by atoms with E-state index < -0.39 is 0 Å². The molecule has 0 saturated carbocycles. The normalized spacial score (nSPS) is 9.67. The maximum Gasteiger partial charge on any atom is 0.0212 e. The van der Waals surface area contributed by atoms with Crippen LogP contribution < -0.4 is 5.32 Å². The van der Waals surface area contributed by atoms with Crippen LogP contribution in [0.2, 0.25) is 0 Å². The van der Waals surface area contributed by atoms with Crippen LogP contribution in [0.25, 0.3) is 0 Å². The highest BCUT2D eigenvalue weighted by Gasteiger charge is 1.91. The van der Waals surface area contributed by atoms with E-state index >= 15 is 0 Å². The summed E-state index contributed by atoms with van der Waals surface area (Å²) in [7, 11) is 0. The van der Waals surface area contributed by atoms with Crippen LogP contribution in [0, 0.1) is 0 Å². The van der Waals surface area contributed by atoms with Crippen molar-refractivity contribution in [2.45, 2.75) is 40.2 Å². The molecule has 0 heterocycles. The Morgan fingerprint density at radius 2 is 2.00 bits per heavy atom. The highest BCUT2D eigenvalue weighted by molar-refractivity contribution is 7.59. The Hall–Kier alpha value is -0.170. The zero-order chi connectivity index (χ0) is 9.11. The van der Waals surface area contributed by atoms with E-state index in [4.69, 9.17) is 0 Å². The molecule has 0 bridgehead atoms. The van der Waals surface area contributed by atoms with Crippen LogP contribution in [0.4, 0.5) is 0 Å². The Kier molecular flexibility index (Phi) is 25.3. The molecule has 0 radical (unpaired) electrons. The molecule has 0 spiro atoms. The van der Waals surface area contributed by atoms with Gasteiger partial charge in [0.25, 0.3) is 0 Å². The molecule has 0 aliphatic heterocycles. The molecule has 0 amide bonds. The lowest BCUT2D eigenvalue weighted by Crippen LogP contribution is -2.24. The number of nitrogens with one attached hydrogen (secondary N) is 1. The summed E-state index contributed by atoms with van der Waals surface area (Å²) in [6, 6.07) is 0.606. The van der Waals surface area contributed by atoms with Crippen molar-refractivity contribution in [1.29, 1.82) is 0 Å². The van der Waals surface area contributed by atoms with Crippen LogP contribution in [0.5, 0.6) is 0 Å². The largest absolute Gasteiger partial charge is 0.310 e. The van der Waals surface area contributed by atoms with Crippen molar-refractivity contribution in [3.05, 3.63) is 18.4 Å². The third-order valence-electron chi connectivity index (χ3n) is 1.33. The molecule has 0 aromatic rings. The fourth-order valence-electron chi connectivity index (χ4n) is 0.477. The molecule has 2 heteroatoms. The van der Waals surface area contributed by atoms with Crippen molar-refractivity contribution in [2.24, 2.45) is 0 Å². The van der Waals surface area contributed by atoms with Gasteiger partial charge in [0.2, 0.25) is 0 Å². The predicted octanol–water partition coefficient (Wildman–Crippen LogP) is 2.85. The summed E-state index contributed by atoms with van der Waals surface area (Å²) in [6.45, 7) is 12.7. The molecule has 0 saturated heterocycles. The van der Waals surface area contributed by atoms with Crippen molar-refractivity contribution < 1.29 is 0 Å². The quantitative estimate of drug-likeness (QED) is 0.671. The molecule has 0 unspecified atom stereocenters. The van der Waals surface area contributed by atoms with Gasteiger partial charge in [-0.15, -0.1) is 5.73 Å². The van der Waals surface area contributed by atoms with Gasteiger partial charge in [-0.2, -0.15) is 13.5 Å². The minimum absolute atomic E-state index is 0. The highest BCUT2D eigenvalue weighted by Crippen LogP contribution is 1.85. The third-order valence-corrected chi connectivity index (χ3v) is 1.33. The molecule has 74 valence electrons. The summed E-state index contributed by atoms with van der Waals surface area (Å²) >= 11 is 0. The van der Waals surface area contributed by atoms with Gasteiger partial charge in [0.05, 0.1) is 0 Å². The second-order valence-electron chi connectivity index (χ2n) is 2.13. The van der Waals surface area contributed by atoms with Gasteiger partial charge < -0.3 is 5.32 Å². The Labute approximate surface area is 84.4 Å². The fourth-order valence-corrected chi connectivity index (χ4v) is 0.477. The van der Waals surface area contributed by atoms with E-state index in [-0.39, 0.29) is 13.5 Å². The van der Waals surface area contributed by atoms with E-state index in [0.29, 0.717) is 6.04 Å². The Balaban J connectivity index is -0.000000249. The standard InChI is InChI=1S/C8H15N.C2H6.H2S/c1-4-6-7-9-8(3)5-2;1-2;/h6,8-9H,1,5,7H2,2-3H3;1-2H3;1H2/t8-;;/m0../s1. The van der Waals surface area contributed by atoms with E-state index in [1.165, 1.54) is 6.42 Å². The van der Waals surface area contributed by atoms with Crippen LogP contribution in [-0.2, 0) is 0 Å². The van der Waals surface area contributed by atoms with E-state index in [2.05, 4.69) is 31.5 Å². The van der Waals surface area contributed by atoms with E-state index in [1.807, 2.05) is 19.9 Å². The SMILES string of the molecule is C=C=CCN[C@@H](C)CC.CC.S. The van der Waals surface area contributed by atoms with Gasteiger partial charge >= 0.3 is 0 Å². The second-order valence-corrected chi connectivity index (χ2v) is 2.13. The average molecular weight is 189 g/mol. The summed E-state index contributed by atoms with van der Waals surface area (Å²) in [5.41, 5.74) is 2.71. The molecule has 1 N–H and O–H groups in total. The lowest BCUT2D eigenvalue weighted by molar-refractivity contribution is 0.567. The first kappa shape index (κ1) is 17.8. The van der Waals surface area contributed by atoms with Gasteiger partial charge in [-0.1, -0.05) is 27.4 Å². The average Bonchev–Trinajstić information content (AvgIpc) is 2.08. The summed E-state index contributed by atoms with van der Waals surface area (Å²) in [5.74, 6) is 0. The molecule has 0 fully saturated rings. The smallest absolute Gasteiger partial charge is 0.0212 e. The van der Waals surface area contributed by atoms with Gasteiger partial charge in [-0.3, -0.25) is 0 Å². The Morgan fingerprint density at radius 1 is 1.50 bits per heavy atom. The van der Waals surface area contributed by atoms with Crippen molar-refractivity contribution >= 4 is 13.5 Å². The summed E-state index contributed by atoms with van der Waals surface area (Å²) in [5, 5.41) is 3.28. The maximum atomic E-state index is 3.46. The van der Waals surface area contributed by atoms with Crippen LogP contribution in [-0.4, -0.2) is 12.6 Å². The van der Waals surface area contributed by atoms with Crippen LogP contribution >= 0.6 is 13.5 Å². The number of hydrogen-bond acceptors (Lipinski definition) is 1. The second kappa shape index (κ2) is 17.1. The van der Waals surface area contributed by atoms with Gasteiger partial charge in [0.15, 0.2) is 0 Å². The van der Waals surface area contributed by atoms with Gasteiger partial charge in [-0.05, 0) is 19.4 Å². The van der Waals surface area contributed by atoms with Crippen molar-refractivity contribution in [1.82, 2.24) is 5.32 Å². The minimum atomic E-state index is 0.